The van der Waals surface area contributed by atoms with Crippen molar-refractivity contribution in [2.75, 3.05) is 18.8 Å². The van der Waals surface area contributed by atoms with Gasteiger partial charge in [0.2, 0.25) is 0 Å². The fourth-order valence-electron chi connectivity index (χ4n) is 3.12. The highest BCUT2D eigenvalue weighted by Gasteiger charge is 2.01. The molecule has 0 atom stereocenters. The highest BCUT2D eigenvalue weighted by molar-refractivity contribution is 7.85. The maximum absolute atomic E-state index is 10.3. The molecule has 0 aromatic rings. The predicted molar refractivity (Wildman–Crippen MR) is 127 cm³/mol. The lowest BCUT2D eigenvalue weighted by Crippen LogP contribution is -2.23. The molecule has 0 heterocycles. The Morgan fingerprint density at radius 2 is 1.07 bits per heavy atom. The first kappa shape index (κ1) is 31.5. The first-order chi connectivity index (χ1) is 14.3. The number of carboxylic acid groups (broad SMARTS) is 1. The molecule has 3 N–H and O–H groups in total. The molecule has 0 saturated carbocycles. The van der Waals surface area contributed by atoms with E-state index < -0.39 is 16.1 Å². The van der Waals surface area contributed by atoms with Gasteiger partial charge in [-0.1, -0.05) is 104 Å². The lowest BCUT2D eigenvalue weighted by atomic mass is 10.0. The zero-order valence-corrected chi connectivity index (χ0v) is 20.5. The second-order valence-electron chi connectivity index (χ2n) is 8.13. The zero-order chi connectivity index (χ0) is 22.9. The number of aliphatic carboxylic acids is 1. The Balaban J connectivity index is 0. The third-order valence-corrected chi connectivity index (χ3v) is 5.71. The third kappa shape index (κ3) is 34.8. The average Bonchev–Trinajstić information content (AvgIpc) is 2.68. The minimum Gasteiger partial charge on any atom is -0.481 e. The molecule has 0 saturated heterocycles. The van der Waals surface area contributed by atoms with Crippen molar-refractivity contribution >= 4 is 16.1 Å². The van der Waals surface area contributed by atoms with Crippen molar-refractivity contribution in [1.29, 1.82) is 0 Å². The number of unbranched alkanes of at least 4 members (excludes halogenated alkanes) is 14. The summed E-state index contributed by atoms with van der Waals surface area (Å²) in [6.07, 6.45) is 20.6. The van der Waals surface area contributed by atoms with Crippen LogP contribution in [0.1, 0.15) is 123 Å². The molecule has 0 unspecified atom stereocenters. The van der Waals surface area contributed by atoms with Gasteiger partial charge in [0.05, 0.1) is 5.75 Å². The van der Waals surface area contributed by atoms with Crippen LogP contribution in [0.15, 0.2) is 0 Å². The topological polar surface area (TPSA) is 104 Å². The summed E-state index contributed by atoms with van der Waals surface area (Å²) in [6, 6.07) is 0. The Morgan fingerprint density at radius 3 is 1.47 bits per heavy atom. The van der Waals surface area contributed by atoms with E-state index in [0.717, 1.165) is 38.6 Å². The van der Waals surface area contributed by atoms with E-state index in [1.54, 1.807) is 0 Å². The fraction of sp³-hybridized carbons (Fsp3) is 0.957. The Labute approximate surface area is 186 Å². The molecular formula is C23H49NO5S. The van der Waals surface area contributed by atoms with Gasteiger partial charge in [0, 0.05) is 13.0 Å². The van der Waals surface area contributed by atoms with Crippen LogP contribution >= 0.6 is 0 Å². The van der Waals surface area contributed by atoms with Crippen molar-refractivity contribution in [1.82, 2.24) is 5.32 Å². The second-order valence-corrected chi connectivity index (χ2v) is 9.70. The van der Waals surface area contributed by atoms with E-state index in [0.29, 0.717) is 13.0 Å². The van der Waals surface area contributed by atoms with Crippen LogP contribution in [0.5, 0.6) is 0 Å². The molecule has 0 fully saturated rings. The summed E-state index contributed by atoms with van der Waals surface area (Å²) in [5.41, 5.74) is 0. The SMILES string of the molecule is CCCCCCCCCCCCCCCC(=O)O.CCCCCNCCS(=O)(=O)O. The zero-order valence-electron chi connectivity index (χ0n) is 19.7. The monoisotopic (exact) mass is 451 g/mol. The average molecular weight is 452 g/mol. The van der Waals surface area contributed by atoms with Crippen LogP contribution in [0, 0.1) is 0 Å². The maximum atomic E-state index is 10.3. The smallest absolute Gasteiger partial charge is 0.303 e. The van der Waals surface area contributed by atoms with E-state index in [1.807, 2.05) is 0 Å². The Hall–Kier alpha value is -0.660. The summed E-state index contributed by atoms with van der Waals surface area (Å²) in [6.45, 7) is 5.53. The van der Waals surface area contributed by atoms with Gasteiger partial charge in [-0.15, -0.1) is 0 Å². The van der Waals surface area contributed by atoms with Crippen LogP contribution in [-0.4, -0.2) is 42.9 Å². The van der Waals surface area contributed by atoms with E-state index in [9.17, 15) is 13.2 Å². The summed E-state index contributed by atoms with van der Waals surface area (Å²) in [5, 5.41) is 11.4. The molecule has 0 radical (unpaired) electrons. The first-order valence-corrected chi connectivity index (χ1v) is 13.8. The van der Waals surface area contributed by atoms with Crippen molar-refractivity contribution in [3.63, 3.8) is 0 Å². The van der Waals surface area contributed by atoms with Gasteiger partial charge >= 0.3 is 5.97 Å². The van der Waals surface area contributed by atoms with Crippen molar-refractivity contribution in [3.05, 3.63) is 0 Å². The van der Waals surface area contributed by atoms with Gasteiger partial charge in [-0.2, -0.15) is 8.42 Å². The number of rotatable bonds is 21. The van der Waals surface area contributed by atoms with Crippen molar-refractivity contribution in [2.45, 2.75) is 123 Å². The largest absolute Gasteiger partial charge is 0.481 e. The summed E-state index contributed by atoms with van der Waals surface area (Å²) >= 11 is 0. The number of hydrogen-bond donors (Lipinski definition) is 3. The second kappa shape index (κ2) is 24.6. The van der Waals surface area contributed by atoms with Crippen molar-refractivity contribution in [3.8, 4) is 0 Å². The quantitative estimate of drug-likeness (QED) is 0.142. The maximum Gasteiger partial charge on any atom is 0.303 e. The van der Waals surface area contributed by atoms with E-state index in [2.05, 4.69) is 19.2 Å². The normalized spacial score (nSPS) is 11.2. The van der Waals surface area contributed by atoms with E-state index >= 15 is 0 Å². The molecule has 0 aliphatic heterocycles. The lowest BCUT2D eigenvalue weighted by Gasteiger charge is -2.02. The molecule has 0 rings (SSSR count). The molecule has 0 aromatic carbocycles. The van der Waals surface area contributed by atoms with E-state index in [1.165, 1.54) is 70.6 Å². The highest BCUT2D eigenvalue weighted by Crippen LogP contribution is 2.12. The Morgan fingerprint density at radius 1 is 0.667 bits per heavy atom. The van der Waals surface area contributed by atoms with Gasteiger partial charge in [-0.3, -0.25) is 9.35 Å². The number of nitrogens with one attached hydrogen (secondary N) is 1. The van der Waals surface area contributed by atoms with Crippen LogP contribution in [0.4, 0.5) is 0 Å². The van der Waals surface area contributed by atoms with Gasteiger partial charge < -0.3 is 10.4 Å². The van der Waals surface area contributed by atoms with Gasteiger partial charge in [0.15, 0.2) is 0 Å². The van der Waals surface area contributed by atoms with E-state index in [-0.39, 0.29) is 5.75 Å². The predicted octanol–water partition coefficient (Wildman–Crippen LogP) is 6.21. The molecule has 6 nitrogen and oxygen atoms in total. The molecule has 30 heavy (non-hydrogen) atoms. The summed E-state index contributed by atoms with van der Waals surface area (Å²) in [7, 11) is -3.78. The minimum atomic E-state index is -3.78. The lowest BCUT2D eigenvalue weighted by molar-refractivity contribution is -0.137. The van der Waals surface area contributed by atoms with Crippen molar-refractivity contribution in [2.24, 2.45) is 0 Å². The third-order valence-electron chi connectivity index (χ3n) is 4.99. The Bertz CT molecular complexity index is 455. The van der Waals surface area contributed by atoms with Gasteiger partial charge in [-0.05, 0) is 19.4 Å². The van der Waals surface area contributed by atoms with Gasteiger partial charge in [0.25, 0.3) is 10.1 Å². The molecule has 0 amide bonds. The fourth-order valence-corrected chi connectivity index (χ4v) is 3.52. The highest BCUT2D eigenvalue weighted by atomic mass is 32.2. The summed E-state index contributed by atoms with van der Waals surface area (Å²) < 4.78 is 28.8. The number of carbonyl (C=O) groups is 1. The standard InChI is InChI=1S/C16H32O2.C7H17NO3S/c1-2-3-4-5-6-7-8-9-10-11-12-13-14-15-16(17)18;1-2-3-4-5-8-6-7-12(9,10)11/h2-15H2,1H3,(H,17,18);8H,2-7H2,1H3,(H,9,10,11). The van der Waals surface area contributed by atoms with Gasteiger partial charge in [0.1, 0.15) is 0 Å². The molecule has 0 bridgehead atoms. The molecule has 182 valence electrons. The van der Waals surface area contributed by atoms with E-state index in [4.69, 9.17) is 9.66 Å². The molecule has 0 aliphatic rings. The summed E-state index contributed by atoms with van der Waals surface area (Å²) in [4.78, 5) is 10.3. The molecule has 0 spiro atoms. The Kier molecular flexibility index (Phi) is 25.9. The van der Waals surface area contributed by atoms with Crippen LogP contribution in [0.2, 0.25) is 0 Å². The van der Waals surface area contributed by atoms with Crippen LogP contribution < -0.4 is 5.32 Å². The summed E-state index contributed by atoms with van der Waals surface area (Å²) in [5.74, 6) is -0.850. The molecule has 0 aromatic heterocycles. The van der Waals surface area contributed by atoms with Crippen molar-refractivity contribution < 1.29 is 22.9 Å². The van der Waals surface area contributed by atoms with Gasteiger partial charge in [-0.25, -0.2) is 0 Å². The molecular weight excluding hydrogens is 402 g/mol. The first-order valence-electron chi connectivity index (χ1n) is 12.2. The number of hydrogen-bond acceptors (Lipinski definition) is 4. The molecule has 7 heteroatoms. The molecule has 0 aliphatic carbocycles. The number of carboxylic acids is 1. The van der Waals surface area contributed by atoms with Crippen LogP contribution in [0.25, 0.3) is 0 Å². The van der Waals surface area contributed by atoms with Crippen LogP contribution in [0.3, 0.4) is 0 Å². The minimum absolute atomic E-state index is 0.195. The van der Waals surface area contributed by atoms with Crippen LogP contribution in [-0.2, 0) is 14.9 Å².